The van der Waals surface area contributed by atoms with E-state index in [1.54, 1.807) is 0 Å². The van der Waals surface area contributed by atoms with E-state index in [9.17, 15) is 4.79 Å². The summed E-state index contributed by atoms with van der Waals surface area (Å²) in [5.41, 5.74) is 4.51. The minimum Gasteiger partial charge on any atom is -0.381 e. The van der Waals surface area contributed by atoms with E-state index < -0.39 is 0 Å². The second kappa shape index (κ2) is 4.80. The molecule has 1 aliphatic rings. The number of nitrogens with zero attached hydrogens (tertiary/aromatic N) is 1. The molecule has 98 valence electrons. The van der Waals surface area contributed by atoms with Crippen LogP contribution in [-0.4, -0.2) is 10.5 Å². The van der Waals surface area contributed by atoms with Crippen LogP contribution in [0.15, 0.2) is 36.7 Å². The summed E-state index contributed by atoms with van der Waals surface area (Å²) in [6.45, 7) is 0.811. The number of amides is 1. The van der Waals surface area contributed by atoms with Crippen LogP contribution < -0.4 is 10.6 Å². The lowest BCUT2D eigenvalue weighted by Gasteiger charge is -2.18. The molecule has 0 atom stereocenters. The molecule has 0 aliphatic carbocycles. The van der Waals surface area contributed by atoms with Gasteiger partial charge >= 0.3 is 0 Å². The Balaban J connectivity index is 1.70. The molecule has 0 spiro atoms. The fourth-order valence-corrected chi connectivity index (χ4v) is 2.36. The van der Waals surface area contributed by atoms with Crippen molar-refractivity contribution in [2.75, 3.05) is 10.6 Å². The maximum absolute atomic E-state index is 11.3. The van der Waals surface area contributed by atoms with Crippen LogP contribution in [0.3, 0.4) is 0 Å². The average molecular weight is 255 g/mol. The van der Waals surface area contributed by atoms with Gasteiger partial charge in [-0.2, -0.15) is 0 Å². The van der Waals surface area contributed by atoms with E-state index in [0.717, 1.165) is 24.3 Å². The SMILES string of the molecule is Cn1ccc(CNc2ccc3c(c2)CCC(=O)N3)c1. The summed E-state index contributed by atoms with van der Waals surface area (Å²) >= 11 is 0. The molecule has 1 aromatic carbocycles. The van der Waals surface area contributed by atoms with Gasteiger partial charge in [0.25, 0.3) is 0 Å². The maximum Gasteiger partial charge on any atom is 0.224 e. The van der Waals surface area contributed by atoms with Crippen LogP contribution in [0.1, 0.15) is 17.5 Å². The molecule has 1 aliphatic heterocycles. The van der Waals surface area contributed by atoms with Gasteiger partial charge in [-0.05, 0) is 41.8 Å². The molecule has 1 amide bonds. The Kier molecular flexibility index (Phi) is 2.99. The molecule has 0 saturated carbocycles. The molecule has 4 heteroatoms. The quantitative estimate of drug-likeness (QED) is 0.885. The Bertz CT molecular complexity index is 616. The van der Waals surface area contributed by atoms with E-state index in [-0.39, 0.29) is 5.91 Å². The number of anilines is 2. The van der Waals surface area contributed by atoms with Crippen LogP contribution >= 0.6 is 0 Å². The number of hydrogen-bond donors (Lipinski definition) is 2. The van der Waals surface area contributed by atoms with Crippen molar-refractivity contribution in [3.05, 3.63) is 47.8 Å². The Labute approximate surface area is 112 Å². The number of aryl methyl sites for hydroxylation is 2. The van der Waals surface area contributed by atoms with Crippen molar-refractivity contribution >= 4 is 17.3 Å². The number of hydrogen-bond acceptors (Lipinski definition) is 2. The number of carbonyl (C=O) groups is 1. The van der Waals surface area contributed by atoms with Gasteiger partial charge in [-0.3, -0.25) is 4.79 Å². The van der Waals surface area contributed by atoms with Crippen molar-refractivity contribution in [2.24, 2.45) is 7.05 Å². The largest absolute Gasteiger partial charge is 0.381 e. The lowest BCUT2D eigenvalue weighted by molar-refractivity contribution is -0.116. The van der Waals surface area contributed by atoms with Crippen molar-refractivity contribution in [1.29, 1.82) is 0 Å². The second-order valence-corrected chi connectivity index (χ2v) is 4.96. The summed E-state index contributed by atoms with van der Waals surface area (Å²) in [5.74, 6) is 0.109. The number of benzene rings is 1. The summed E-state index contributed by atoms with van der Waals surface area (Å²) in [7, 11) is 2.02. The van der Waals surface area contributed by atoms with Crippen molar-refractivity contribution < 1.29 is 4.79 Å². The molecule has 0 fully saturated rings. The molecule has 0 saturated heterocycles. The van der Waals surface area contributed by atoms with Crippen molar-refractivity contribution in [2.45, 2.75) is 19.4 Å². The molecule has 19 heavy (non-hydrogen) atoms. The molecule has 2 heterocycles. The Morgan fingerprint density at radius 3 is 3.00 bits per heavy atom. The number of fused-ring (bicyclic) bond motifs is 1. The fraction of sp³-hybridized carbons (Fsp3) is 0.267. The first-order valence-corrected chi connectivity index (χ1v) is 6.48. The number of rotatable bonds is 3. The van der Waals surface area contributed by atoms with Gasteiger partial charge in [-0.25, -0.2) is 0 Å². The van der Waals surface area contributed by atoms with Crippen molar-refractivity contribution in [3.8, 4) is 0 Å². The number of nitrogens with one attached hydrogen (secondary N) is 2. The Hall–Kier alpha value is -2.23. The van der Waals surface area contributed by atoms with Gasteiger partial charge in [0.05, 0.1) is 0 Å². The molecule has 0 unspecified atom stereocenters. The first kappa shape index (κ1) is 11.8. The van der Waals surface area contributed by atoms with Gasteiger partial charge in [0.1, 0.15) is 0 Å². The van der Waals surface area contributed by atoms with Crippen LogP contribution in [0.2, 0.25) is 0 Å². The van der Waals surface area contributed by atoms with E-state index in [0.29, 0.717) is 6.42 Å². The average Bonchev–Trinajstić information content (AvgIpc) is 2.82. The third kappa shape index (κ3) is 2.62. The first-order valence-electron chi connectivity index (χ1n) is 6.48. The molecular formula is C15H17N3O. The molecule has 0 bridgehead atoms. The van der Waals surface area contributed by atoms with Crippen LogP contribution in [0.4, 0.5) is 11.4 Å². The van der Waals surface area contributed by atoms with E-state index >= 15 is 0 Å². The minimum absolute atomic E-state index is 0.109. The van der Waals surface area contributed by atoms with Crippen molar-refractivity contribution in [3.63, 3.8) is 0 Å². The normalized spacial score (nSPS) is 13.8. The topological polar surface area (TPSA) is 46.1 Å². The third-order valence-corrected chi connectivity index (χ3v) is 3.39. The highest BCUT2D eigenvalue weighted by molar-refractivity contribution is 5.94. The van der Waals surface area contributed by atoms with Crippen LogP contribution in [0.5, 0.6) is 0 Å². The predicted molar refractivity (Wildman–Crippen MR) is 76.1 cm³/mol. The van der Waals surface area contributed by atoms with Crippen LogP contribution in [0, 0.1) is 0 Å². The highest BCUT2D eigenvalue weighted by Gasteiger charge is 2.14. The van der Waals surface area contributed by atoms with Crippen LogP contribution in [0.25, 0.3) is 0 Å². The zero-order valence-electron chi connectivity index (χ0n) is 10.9. The molecule has 3 rings (SSSR count). The monoisotopic (exact) mass is 255 g/mol. The number of aromatic nitrogens is 1. The highest BCUT2D eigenvalue weighted by atomic mass is 16.1. The smallest absolute Gasteiger partial charge is 0.224 e. The summed E-state index contributed by atoms with van der Waals surface area (Å²) in [6, 6.07) is 8.20. The summed E-state index contributed by atoms with van der Waals surface area (Å²) in [6.07, 6.45) is 5.54. The van der Waals surface area contributed by atoms with E-state index in [1.165, 1.54) is 11.1 Å². The molecule has 0 radical (unpaired) electrons. The first-order chi connectivity index (χ1) is 9.20. The molecular weight excluding hydrogens is 238 g/mol. The lowest BCUT2D eigenvalue weighted by atomic mass is 10.0. The highest BCUT2D eigenvalue weighted by Crippen LogP contribution is 2.25. The van der Waals surface area contributed by atoms with E-state index in [2.05, 4.69) is 29.0 Å². The van der Waals surface area contributed by atoms with E-state index in [4.69, 9.17) is 0 Å². The zero-order chi connectivity index (χ0) is 13.2. The minimum atomic E-state index is 0.109. The zero-order valence-corrected chi connectivity index (χ0v) is 10.9. The molecule has 4 nitrogen and oxygen atoms in total. The lowest BCUT2D eigenvalue weighted by Crippen LogP contribution is -2.18. The van der Waals surface area contributed by atoms with Gasteiger partial charge < -0.3 is 15.2 Å². The Morgan fingerprint density at radius 1 is 1.32 bits per heavy atom. The summed E-state index contributed by atoms with van der Waals surface area (Å²) < 4.78 is 2.04. The van der Waals surface area contributed by atoms with E-state index in [1.807, 2.05) is 29.9 Å². The van der Waals surface area contributed by atoms with Gasteiger partial charge in [-0.1, -0.05) is 0 Å². The molecule has 2 aromatic rings. The standard InChI is InChI=1S/C15H17N3O/c1-18-7-6-11(10-18)9-16-13-3-4-14-12(8-13)2-5-15(19)17-14/h3-4,6-8,10,16H,2,5,9H2,1H3,(H,17,19). The fourth-order valence-electron chi connectivity index (χ4n) is 2.36. The van der Waals surface area contributed by atoms with Crippen molar-refractivity contribution in [1.82, 2.24) is 4.57 Å². The number of carbonyl (C=O) groups excluding carboxylic acids is 1. The summed E-state index contributed by atoms with van der Waals surface area (Å²) in [5, 5.41) is 6.30. The third-order valence-electron chi connectivity index (χ3n) is 3.39. The summed E-state index contributed by atoms with van der Waals surface area (Å²) in [4.78, 5) is 11.3. The van der Waals surface area contributed by atoms with Gasteiger partial charge in [0.2, 0.25) is 5.91 Å². The Morgan fingerprint density at radius 2 is 2.21 bits per heavy atom. The van der Waals surface area contributed by atoms with Gasteiger partial charge in [-0.15, -0.1) is 0 Å². The maximum atomic E-state index is 11.3. The van der Waals surface area contributed by atoms with Crippen LogP contribution in [-0.2, 0) is 24.8 Å². The van der Waals surface area contributed by atoms with Gasteiger partial charge in [0, 0.05) is 43.8 Å². The van der Waals surface area contributed by atoms with Gasteiger partial charge in [0.15, 0.2) is 0 Å². The predicted octanol–water partition coefficient (Wildman–Crippen LogP) is 2.52. The molecule has 1 aromatic heterocycles. The second-order valence-electron chi connectivity index (χ2n) is 4.96. The molecule has 2 N–H and O–H groups in total.